The van der Waals surface area contributed by atoms with E-state index in [9.17, 15) is 10.2 Å². The second-order valence-electron chi connectivity index (χ2n) is 9.23. The van der Waals surface area contributed by atoms with Crippen molar-refractivity contribution in [3.05, 3.63) is 203 Å². The first-order chi connectivity index (χ1) is 18.6. The standard InChI is InChI=1S/2C18H15O.Fe/c2*19-18(17-13-7-8-14-17,15-9-3-1-4-10-15)16-11-5-2-6-12-16;/h2*1-14,19H;/q-5;-1;. The Bertz CT molecular complexity index is 1290. The maximum atomic E-state index is 11.3. The summed E-state index contributed by atoms with van der Waals surface area (Å²) >= 11 is 0. The monoisotopic (exact) mass is 550 g/mol. The molecule has 0 radical (unpaired) electrons. The van der Waals surface area contributed by atoms with Gasteiger partial charge in [0.15, 0.2) is 0 Å². The molecule has 6 aromatic carbocycles. The Kier molecular flexibility index (Phi) is 9.14. The summed E-state index contributed by atoms with van der Waals surface area (Å²) in [6.45, 7) is 0. The second kappa shape index (κ2) is 12.7. The van der Waals surface area contributed by atoms with Crippen molar-refractivity contribution in [3.8, 4) is 0 Å². The third-order valence-electron chi connectivity index (χ3n) is 6.93. The number of hydrogen-bond acceptors (Lipinski definition) is 2. The van der Waals surface area contributed by atoms with Gasteiger partial charge in [-0.05, 0) is 27.9 Å². The smallest absolute Gasteiger partial charge is 0.0962 e. The third-order valence-corrected chi connectivity index (χ3v) is 6.93. The third kappa shape index (κ3) is 5.73. The molecule has 39 heavy (non-hydrogen) atoms. The molecule has 3 heteroatoms. The molecule has 0 spiro atoms. The van der Waals surface area contributed by atoms with Crippen LogP contribution in [0, 0.1) is 0 Å². The molecule has 0 unspecified atom stereocenters. The normalized spacial score (nSPS) is 11.1. The molecule has 0 aliphatic rings. The van der Waals surface area contributed by atoms with Gasteiger partial charge in [0.25, 0.3) is 0 Å². The fraction of sp³-hybridized carbons (Fsp3) is 0.0556. The van der Waals surface area contributed by atoms with Crippen molar-refractivity contribution in [1.29, 1.82) is 0 Å². The van der Waals surface area contributed by atoms with Gasteiger partial charge in [-0.2, -0.15) is 12.1 Å². The van der Waals surface area contributed by atoms with Crippen molar-refractivity contribution in [2.45, 2.75) is 11.2 Å². The molecule has 200 valence electrons. The Morgan fingerprint density at radius 2 is 0.744 bits per heavy atom. The summed E-state index contributed by atoms with van der Waals surface area (Å²) in [6, 6.07) is 54.7. The topological polar surface area (TPSA) is 40.5 Å². The molecule has 0 saturated heterocycles. The number of rotatable bonds is 6. The number of aliphatic hydroxyl groups is 2. The molecule has 0 heterocycles. The summed E-state index contributed by atoms with van der Waals surface area (Å²) in [4.78, 5) is 0. The molecule has 6 rings (SSSR count). The summed E-state index contributed by atoms with van der Waals surface area (Å²) in [5.41, 5.74) is 3.13. The van der Waals surface area contributed by atoms with Crippen molar-refractivity contribution >= 4 is 0 Å². The average molecular weight is 550 g/mol. The zero-order chi connectivity index (χ0) is 26.3. The van der Waals surface area contributed by atoms with E-state index in [-0.39, 0.29) is 17.1 Å². The largest absolute Gasteiger partial charge is 0.747 e. The Morgan fingerprint density at radius 3 is 1.08 bits per heavy atom. The second-order valence-corrected chi connectivity index (χ2v) is 9.23. The van der Waals surface area contributed by atoms with Crippen LogP contribution in [0.4, 0.5) is 0 Å². The molecule has 0 amide bonds. The summed E-state index contributed by atoms with van der Waals surface area (Å²) in [5, 5.41) is 22.6. The minimum Gasteiger partial charge on any atom is -0.747 e. The van der Waals surface area contributed by atoms with E-state index in [1.165, 1.54) is 0 Å². The molecule has 0 aliphatic heterocycles. The van der Waals surface area contributed by atoms with Gasteiger partial charge >= 0.3 is 0 Å². The maximum Gasteiger partial charge on any atom is 0.0962 e. The van der Waals surface area contributed by atoms with Crippen molar-refractivity contribution < 1.29 is 27.3 Å². The van der Waals surface area contributed by atoms with E-state index in [0.29, 0.717) is 0 Å². The van der Waals surface area contributed by atoms with Crippen LogP contribution in [0.1, 0.15) is 33.4 Å². The van der Waals surface area contributed by atoms with Crippen LogP contribution in [0.5, 0.6) is 0 Å². The van der Waals surface area contributed by atoms with Crippen LogP contribution in [0.15, 0.2) is 170 Å². The van der Waals surface area contributed by atoms with E-state index in [0.717, 1.165) is 33.4 Å². The van der Waals surface area contributed by atoms with Gasteiger partial charge in [-0.1, -0.05) is 121 Å². The van der Waals surface area contributed by atoms with Gasteiger partial charge in [0.1, 0.15) is 0 Å². The minimum absolute atomic E-state index is 0. The average Bonchev–Trinajstić information content (AvgIpc) is 3.75. The SMILES string of the molecule is OC(c1ccccc1)(c1ccccc1)[c-]1[cH-][cH-][cH-][cH-]1.OC(c1ccccc1)(c1ccccc1)[c-]1cccc1.[Fe]. The van der Waals surface area contributed by atoms with Crippen molar-refractivity contribution in [1.82, 2.24) is 0 Å². The summed E-state index contributed by atoms with van der Waals surface area (Å²) in [7, 11) is 0. The molecule has 2 nitrogen and oxygen atoms in total. The van der Waals surface area contributed by atoms with E-state index < -0.39 is 11.2 Å². The van der Waals surface area contributed by atoms with Crippen LogP contribution < -0.4 is 0 Å². The molecule has 0 fully saturated rings. The zero-order valence-electron chi connectivity index (χ0n) is 21.4. The van der Waals surface area contributed by atoms with Gasteiger partial charge in [0.05, 0.1) is 5.60 Å². The number of hydrogen-bond donors (Lipinski definition) is 2. The Hall–Kier alpha value is -3.98. The van der Waals surface area contributed by atoms with Crippen molar-refractivity contribution in [2.75, 3.05) is 0 Å². The van der Waals surface area contributed by atoms with Gasteiger partial charge in [0.2, 0.25) is 0 Å². The van der Waals surface area contributed by atoms with Gasteiger partial charge in [-0.3, -0.25) is 0 Å². The predicted molar refractivity (Wildman–Crippen MR) is 154 cm³/mol. The first-order valence-corrected chi connectivity index (χ1v) is 12.7. The van der Waals surface area contributed by atoms with E-state index in [1.807, 2.05) is 170 Å². The molecule has 0 atom stereocenters. The van der Waals surface area contributed by atoms with Gasteiger partial charge in [-0.15, -0.1) is 5.56 Å². The summed E-state index contributed by atoms with van der Waals surface area (Å²) in [5.74, 6) is 0. The fourth-order valence-electron chi connectivity index (χ4n) is 4.95. The zero-order valence-corrected chi connectivity index (χ0v) is 22.5. The van der Waals surface area contributed by atoms with Crippen molar-refractivity contribution in [3.63, 3.8) is 0 Å². The molecular formula is C36H30FeO2-6. The summed E-state index contributed by atoms with van der Waals surface area (Å²) < 4.78 is 0. The first-order valence-electron chi connectivity index (χ1n) is 12.7. The molecule has 0 aromatic heterocycles. The van der Waals surface area contributed by atoms with Crippen LogP contribution in [-0.2, 0) is 28.3 Å². The molecule has 0 saturated carbocycles. The van der Waals surface area contributed by atoms with Gasteiger partial charge in [-0.25, -0.2) is 12.1 Å². The molecule has 2 N–H and O–H groups in total. The van der Waals surface area contributed by atoms with Crippen molar-refractivity contribution in [2.24, 2.45) is 0 Å². The van der Waals surface area contributed by atoms with E-state index in [2.05, 4.69) is 0 Å². The fourth-order valence-corrected chi connectivity index (χ4v) is 4.95. The van der Waals surface area contributed by atoms with E-state index in [1.54, 1.807) is 0 Å². The molecule has 6 aromatic rings. The van der Waals surface area contributed by atoms with Crippen LogP contribution in [0.3, 0.4) is 0 Å². The van der Waals surface area contributed by atoms with Crippen LogP contribution in [0.2, 0.25) is 0 Å². The Labute approximate surface area is 241 Å². The minimum atomic E-state index is -1.09. The van der Waals surface area contributed by atoms with Gasteiger partial charge < -0.3 is 40.0 Å². The summed E-state index contributed by atoms with van der Waals surface area (Å²) in [6.07, 6.45) is 0. The van der Waals surface area contributed by atoms with Crippen LogP contribution in [0.25, 0.3) is 0 Å². The number of benzene rings is 4. The van der Waals surface area contributed by atoms with E-state index >= 15 is 0 Å². The van der Waals surface area contributed by atoms with E-state index in [4.69, 9.17) is 0 Å². The predicted octanol–water partition coefficient (Wildman–Crippen LogP) is 7.38. The molecule has 0 bridgehead atoms. The maximum absolute atomic E-state index is 11.3. The van der Waals surface area contributed by atoms with Crippen LogP contribution >= 0.6 is 0 Å². The molecule has 0 aliphatic carbocycles. The molecular weight excluding hydrogens is 520 g/mol. The van der Waals surface area contributed by atoms with Gasteiger partial charge in [0, 0.05) is 17.1 Å². The first kappa shape index (κ1) is 28.0. The Balaban J connectivity index is 0.000000176. The Morgan fingerprint density at radius 1 is 0.436 bits per heavy atom. The van der Waals surface area contributed by atoms with Crippen LogP contribution in [-0.4, -0.2) is 10.2 Å². The quantitative estimate of drug-likeness (QED) is 0.168.